The molecule has 0 heterocycles. The highest BCUT2D eigenvalue weighted by Crippen LogP contribution is 2.30. The number of hydrogen-bond acceptors (Lipinski definition) is 3. The molecule has 1 rings (SSSR count). The summed E-state index contributed by atoms with van der Waals surface area (Å²) < 4.78 is 13.8. The zero-order valence-electron chi connectivity index (χ0n) is 9.37. The molecule has 0 aromatic heterocycles. The third kappa shape index (κ3) is 2.86. The monoisotopic (exact) mass is 290 g/mol. The first kappa shape index (κ1) is 13.3. The summed E-state index contributed by atoms with van der Waals surface area (Å²) >= 11 is 3.08. The average Bonchev–Trinajstić information content (AvgIpc) is 2.20. The van der Waals surface area contributed by atoms with E-state index >= 15 is 0 Å². The Morgan fingerprint density at radius 3 is 2.62 bits per heavy atom. The van der Waals surface area contributed by atoms with Gasteiger partial charge in [0, 0.05) is 18.7 Å². The molecule has 16 heavy (non-hydrogen) atoms. The van der Waals surface area contributed by atoms with E-state index in [2.05, 4.69) is 15.9 Å². The molecule has 0 radical (unpaired) electrons. The lowest BCUT2D eigenvalue weighted by Crippen LogP contribution is -2.34. The SMILES string of the molecule is CC(C)N(CCO)c1cc(F)c(Br)cc1N. The molecule has 0 saturated carbocycles. The molecule has 0 unspecified atom stereocenters. The van der Waals surface area contributed by atoms with Gasteiger partial charge in [0.1, 0.15) is 5.82 Å². The number of benzene rings is 1. The summed E-state index contributed by atoms with van der Waals surface area (Å²) in [4.78, 5) is 1.87. The van der Waals surface area contributed by atoms with Crippen LogP contribution in [0.2, 0.25) is 0 Å². The number of halogens is 2. The van der Waals surface area contributed by atoms with Crippen molar-refractivity contribution in [1.82, 2.24) is 0 Å². The predicted molar refractivity (Wildman–Crippen MR) is 68.1 cm³/mol. The molecule has 0 spiro atoms. The zero-order chi connectivity index (χ0) is 12.3. The van der Waals surface area contributed by atoms with Crippen LogP contribution < -0.4 is 10.6 Å². The average molecular weight is 291 g/mol. The lowest BCUT2D eigenvalue weighted by Gasteiger charge is -2.29. The van der Waals surface area contributed by atoms with E-state index in [1.54, 1.807) is 0 Å². The molecule has 0 saturated heterocycles. The Morgan fingerprint density at radius 2 is 2.12 bits per heavy atom. The van der Waals surface area contributed by atoms with Crippen molar-refractivity contribution in [2.75, 3.05) is 23.8 Å². The van der Waals surface area contributed by atoms with Gasteiger partial charge in [0.2, 0.25) is 0 Å². The highest BCUT2D eigenvalue weighted by Gasteiger charge is 2.15. The molecule has 0 amide bonds. The number of nitrogens with two attached hydrogens (primary N) is 1. The minimum absolute atomic E-state index is 0.00923. The largest absolute Gasteiger partial charge is 0.397 e. The van der Waals surface area contributed by atoms with Gasteiger partial charge >= 0.3 is 0 Å². The van der Waals surface area contributed by atoms with Crippen molar-refractivity contribution in [3.63, 3.8) is 0 Å². The Hall–Kier alpha value is -0.810. The second kappa shape index (κ2) is 5.50. The standard InChI is InChI=1S/C11H16BrFN2O/c1-7(2)15(3-4-16)11-6-9(13)8(12)5-10(11)14/h5-7,16H,3-4,14H2,1-2H3. The molecule has 90 valence electrons. The van der Waals surface area contributed by atoms with E-state index in [-0.39, 0.29) is 18.5 Å². The molecule has 3 nitrogen and oxygen atoms in total. The summed E-state index contributed by atoms with van der Waals surface area (Å²) in [5, 5.41) is 8.98. The summed E-state index contributed by atoms with van der Waals surface area (Å²) in [6.45, 7) is 4.38. The van der Waals surface area contributed by atoms with Crippen LogP contribution >= 0.6 is 15.9 Å². The van der Waals surface area contributed by atoms with Crippen molar-refractivity contribution in [2.24, 2.45) is 0 Å². The smallest absolute Gasteiger partial charge is 0.139 e. The van der Waals surface area contributed by atoms with E-state index in [1.807, 2.05) is 18.7 Å². The third-order valence-electron chi connectivity index (χ3n) is 2.34. The van der Waals surface area contributed by atoms with Crippen molar-refractivity contribution in [1.29, 1.82) is 0 Å². The molecular weight excluding hydrogens is 275 g/mol. The number of nitrogens with zero attached hydrogens (tertiary/aromatic N) is 1. The number of aliphatic hydroxyl groups is 1. The van der Waals surface area contributed by atoms with Crippen molar-refractivity contribution in [2.45, 2.75) is 19.9 Å². The molecule has 0 fully saturated rings. The van der Waals surface area contributed by atoms with Crippen molar-refractivity contribution in [3.8, 4) is 0 Å². The van der Waals surface area contributed by atoms with E-state index < -0.39 is 0 Å². The van der Waals surface area contributed by atoms with Gasteiger partial charge in [-0.1, -0.05) is 0 Å². The summed E-state index contributed by atoms with van der Waals surface area (Å²) in [6, 6.07) is 3.07. The first-order chi connectivity index (χ1) is 7.47. The number of anilines is 2. The van der Waals surface area contributed by atoms with Gasteiger partial charge in [0.05, 0.1) is 22.5 Å². The van der Waals surface area contributed by atoms with Crippen LogP contribution in [-0.4, -0.2) is 24.3 Å². The fraction of sp³-hybridized carbons (Fsp3) is 0.455. The van der Waals surface area contributed by atoms with Gasteiger partial charge in [-0.25, -0.2) is 4.39 Å². The Bertz CT molecular complexity index is 371. The lowest BCUT2D eigenvalue weighted by atomic mass is 10.2. The van der Waals surface area contributed by atoms with Crippen LogP contribution in [0.25, 0.3) is 0 Å². The van der Waals surface area contributed by atoms with Gasteiger partial charge in [0.25, 0.3) is 0 Å². The molecule has 0 aliphatic carbocycles. The quantitative estimate of drug-likeness (QED) is 0.837. The second-order valence-electron chi connectivity index (χ2n) is 3.84. The van der Waals surface area contributed by atoms with Crippen LogP contribution in [-0.2, 0) is 0 Å². The van der Waals surface area contributed by atoms with Crippen LogP contribution in [0, 0.1) is 5.82 Å². The first-order valence-electron chi connectivity index (χ1n) is 5.09. The van der Waals surface area contributed by atoms with Crippen molar-refractivity contribution in [3.05, 3.63) is 22.4 Å². The van der Waals surface area contributed by atoms with E-state index in [9.17, 15) is 4.39 Å². The maximum atomic E-state index is 13.4. The summed E-state index contributed by atoms with van der Waals surface area (Å²) in [6.07, 6.45) is 0. The first-order valence-corrected chi connectivity index (χ1v) is 5.88. The second-order valence-corrected chi connectivity index (χ2v) is 4.69. The minimum Gasteiger partial charge on any atom is -0.397 e. The Labute approximate surface area is 103 Å². The lowest BCUT2D eigenvalue weighted by molar-refractivity contribution is 0.299. The van der Waals surface area contributed by atoms with Gasteiger partial charge < -0.3 is 15.7 Å². The Kier molecular flexibility index (Phi) is 4.56. The van der Waals surface area contributed by atoms with E-state index in [4.69, 9.17) is 10.8 Å². The Morgan fingerprint density at radius 1 is 1.50 bits per heavy atom. The summed E-state index contributed by atoms with van der Waals surface area (Å²) in [5.74, 6) is -0.354. The van der Waals surface area contributed by atoms with Crippen LogP contribution in [0.1, 0.15) is 13.8 Å². The molecule has 0 aliphatic heterocycles. The highest BCUT2D eigenvalue weighted by atomic mass is 79.9. The molecule has 3 N–H and O–H groups in total. The molecule has 0 aliphatic rings. The molecular formula is C11H16BrFN2O. The molecule has 5 heteroatoms. The topological polar surface area (TPSA) is 49.5 Å². The van der Waals surface area contributed by atoms with Gasteiger partial charge in [-0.2, -0.15) is 0 Å². The van der Waals surface area contributed by atoms with Gasteiger partial charge in [0.15, 0.2) is 0 Å². The molecule has 1 aromatic rings. The molecule has 1 aromatic carbocycles. The normalized spacial score (nSPS) is 10.9. The highest BCUT2D eigenvalue weighted by molar-refractivity contribution is 9.10. The van der Waals surface area contributed by atoms with E-state index in [1.165, 1.54) is 12.1 Å². The van der Waals surface area contributed by atoms with E-state index in [0.29, 0.717) is 22.4 Å². The van der Waals surface area contributed by atoms with Crippen LogP contribution in [0.15, 0.2) is 16.6 Å². The minimum atomic E-state index is -0.354. The van der Waals surface area contributed by atoms with Gasteiger partial charge in [-0.15, -0.1) is 0 Å². The van der Waals surface area contributed by atoms with Crippen molar-refractivity contribution >= 4 is 27.3 Å². The van der Waals surface area contributed by atoms with Crippen molar-refractivity contribution < 1.29 is 9.50 Å². The number of aliphatic hydroxyl groups excluding tert-OH is 1. The van der Waals surface area contributed by atoms with Gasteiger partial charge in [-0.05, 0) is 35.8 Å². The van der Waals surface area contributed by atoms with E-state index in [0.717, 1.165) is 0 Å². The number of rotatable bonds is 4. The van der Waals surface area contributed by atoms with Crippen LogP contribution in [0.5, 0.6) is 0 Å². The van der Waals surface area contributed by atoms with Gasteiger partial charge in [-0.3, -0.25) is 0 Å². The molecule has 0 atom stereocenters. The maximum absolute atomic E-state index is 13.4. The van der Waals surface area contributed by atoms with Crippen LogP contribution in [0.4, 0.5) is 15.8 Å². The predicted octanol–water partition coefficient (Wildman–Crippen LogP) is 2.38. The summed E-state index contributed by atoms with van der Waals surface area (Å²) in [7, 11) is 0. The zero-order valence-corrected chi connectivity index (χ0v) is 11.0. The maximum Gasteiger partial charge on any atom is 0.139 e. The number of hydrogen-bond donors (Lipinski definition) is 2. The Balaban J connectivity index is 3.13. The summed E-state index contributed by atoms with van der Waals surface area (Å²) in [5.41, 5.74) is 6.95. The fourth-order valence-electron chi connectivity index (χ4n) is 1.57. The van der Waals surface area contributed by atoms with Crippen LogP contribution in [0.3, 0.4) is 0 Å². The molecule has 0 bridgehead atoms. The number of nitrogen functional groups attached to an aromatic ring is 1. The fourth-order valence-corrected chi connectivity index (χ4v) is 1.93. The third-order valence-corrected chi connectivity index (χ3v) is 2.95.